The maximum absolute atomic E-state index is 13.7. The van der Waals surface area contributed by atoms with E-state index in [0.717, 1.165) is 17.5 Å². The second kappa shape index (κ2) is 10.1. The minimum Gasteiger partial charge on any atom is -0.460 e. The number of halogens is 1. The van der Waals surface area contributed by atoms with E-state index >= 15 is 0 Å². The molecule has 2 aliphatic heterocycles. The molecule has 0 aliphatic carbocycles. The molecule has 2 heterocycles. The van der Waals surface area contributed by atoms with Gasteiger partial charge in [0.25, 0.3) is 0 Å². The summed E-state index contributed by atoms with van der Waals surface area (Å²) >= 11 is 0. The van der Waals surface area contributed by atoms with Gasteiger partial charge in [0.05, 0.1) is 18.8 Å². The van der Waals surface area contributed by atoms with Crippen LogP contribution in [0.2, 0.25) is 0 Å². The van der Waals surface area contributed by atoms with Crippen molar-refractivity contribution in [3.05, 3.63) is 71.0 Å². The number of urea groups is 1. The molecule has 2 aromatic rings. The van der Waals surface area contributed by atoms with Gasteiger partial charge in [-0.3, -0.25) is 4.79 Å². The quantitative estimate of drug-likeness (QED) is 0.610. The summed E-state index contributed by atoms with van der Waals surface area (Å²) in [5.74, 6) is -0.560. The number of benzene rings is 2. The van der Waals surface area contributed by atoms with Crippen LogP contribution in [0.15, 0.2) is 48.5 Å². The van der Waals surface area contributed by atoms with Crippen LogP contribution < -0.4 is 0 Å². The van der Waals surface area contributed by atoms with Crippen molar-refractivity contribution in [2.45, 2.75) is 57.8 Å². The first-order valence-corrected chi connectivity index (χ1v) is 11.9. The number of rotatable bonds is 4. The molecule has 34 heavy (non-hydrogen) atoms. The van der Waals surface area contributed by atoms with Crippen molar-refractivity contribution >= 4 is 12.0 Å². The van der Waals surface area contributed by atoms with Crippen LogP contribution in [0.25, 0.3) is 0 Å². The van der Waals surface area contributed by atoms with Gasteiger partial charge in [-0.2, -0.15) is 0 Å². The number of amides is 2. The highest BCUT2D eigenvalue weighted by molar-refractivity contribution is 5.76. The molecule has 2 amide bonds. The van der Waals surface area contributed by atoms with Gasteiger partial charge in [0.1, 0.15) is 11.4 Å². The summed E-state index contributed by atoms with van der Waals surface area (Å²) in [5.41, 5.74) is 2.64. The van der Waals surface area contributed by atoms with E-state index in [9.17, 15) is 14.0 Å². The Morgan fingerprint density at radius 3 is 2.56 bits per heavy atom. The molecule has 0 radical (unpaired) electrons. The van der Waals surface area contributed by atoms with Gasteiger partial charge in [0.15, 0.2) is 0 Å². The topological polar surface area (TPSA) is 59.1 Å². The van der Waals surface area contributed by atoms with E-state index in [1.165, 1.54) is 17.7 Å². The second-order valence-corrected chi connectivity index (χ2v) is 9.94. The number of esters is 1. The third kappa shape index (κ3) is 5.76. The number of carbonyl (C=O) groups is 2. The predicted molar refractivity (Wildman–Crippen MR) is 127 cm³/mol. The minimum absolute atomic E-state index is 0.0607. The smallest absolute Gasteiger partial charge is 0.320 e. The molecule has 182 valence electrons. The van der Waals surface area contributed by atoms with Crippen LogP contribution in [0.4, 0.5) is 9.18 Å². The maximum Gasteiger partial charge on any atom is 0.320 e. The van der Waals surface area contributed by atoms with E-state index in [4.69, 9.17) is 9.47 Å². The van der Waals surface area contributed by atoms with Crippen LogP contribution in [0.1, 0.15) is 56.3 Å². The summed E-state index contributed by atoms with van der Waals surface area (Å²) in [4.78, 5) is 29.5. The summed E-state index contributed by atoms with van der Waals surface area (Å²) in [6.07, 6.45) is 1.31. The highest BCUT2D eigenvalue weighted by atomic mass is 19.1. The zero-order valence-electron chi connectivity index (χ0n) is 20.1. The van der Waals surface area contributed by atoms with Gasteiger partial charge >= 0.3 is 12.0 Å². The number of nitrogens with zero attached hydrogens (tertiary/aromatic N) is 2. The van der Waals surface area contributed by atoms with Crippen LogP contribution in [-0.2, 0) is 20.7 Å². The van der Waals surface area contributed by atoms with Crippen molar-refractivity contribution in [1.82, 2.24) is 9.80 Å². The van der Waals surface area contributed by atoms with E-state index < -0.39 is 5.60 Å². The van der Waals surface area contributed by atoms with Gasteiger partial charge in [-0.25, -0.2) is 9.18 Å². The number of morpholine rings is 1. The molecule has 0 unspecified atom stereocenters. The fraction of sp³-hybridized carbons (Fsp3) is 0.481. The molecule has 0 spiro atoms. The van der Waals surface area contributed by atoms with E-state index in [0.29, 0.717) is 32.7 Å². The van der Waals surface area contributed by atoms with Gasteiger partial charge in [0, 0.05) is 26.1 Å². The summed E-state index contributed by atoms with van der Waals surface area (Å²) in [5, 5.41) is 0. The number of hydrogen-bond acceptors (Lipinski definition) is 4. The highest BCUT2D eigenvalue weighted by Gasteiger charge is 2.36. The van der Waals surface area contributed by atoms with Gasteiger partial charge in [0.2, 0.25) is 0 Å². The SMILES string of the molecule is CC(C)(C)OC(=O)CC[C@@H]1CN(C(=O)N2CCc3ccccc3[C@@H]2c2ccc(F)cc2)CCO1. The second-order valence-electron chi connectivity index (χ2n) is 9.94. The van der Waals surface area contributed by atoms with Crippen molar-refractivity contribution in [3.8, 4) is 0 Å². The van der Waals surface area contributed by atoms with Crippen LogP contribution in [0, 0.1) is 5.82 Å². The van der Waals surface area contributed by atoms with Gasteiger partial charge in [-0.1, -0.05) is 36.4 Å². The van der Waals surface area contributed by atoms with Crippen LogP contribution in [0.3, 0.4) is 0 Å². The van der Waals surface area contributed by atoms with Gasteiger partial charge in [-0.05, 0) is 62.4 Å². The first kappa shape index (κ1) is 24.2. The molecule has 2 aliphatic rings. The lowest BCUT2D eigenvalue weighted by atomic mass is 9.88. The molecule has 0 saturated carbocycles. The fourth-order valence-electron chi connectivity index (χ4n) is 4.70. The minimum atomic E-state index is -0.521. The molecular weight excluding hydrogens is 435 g/mol. The van der Waals surface area contributed by atoms with Crippen LogP contribution in [-0.4, -0.2) is 59.7 Å². The van der Waals surface area contributed by atoms with Crippen LogP contribution in [0.5, 0.6) is 0 Å². The Morgan fingerprint density at radius 1 is 1.09 bits per heavy atom. The zero-order valence-corrected chi connectivity index (χ0v) is 20.1. The predicted octanol–water partition coefficient (Wildman–Crippen LogP) is 4.72. The summed E-state index contributed by atoms with van der Waals surface area (Å²) < 4.78 is 24.9. The first-order valence-electron chi connectivity index (χ1n) is 11.9. The highest BCUT2D eigenvalue weighted by Crippen LogP contribution is 2.36. The average molecular weight is 469 g/mol. The van der Waals surface area contributed by atoms with E-state index in [1.807, 2.05) is 48.8 Å². The lowest BCUT2D eigenvalue weighted by Gasteiger charge is -2.42. The number of carbonyl (C=O) groups excluding carboxylic acids is 2. The molecule has 0 aromatic heterocycles. The molecule has 1 saturated heterocycles. The standard InChI is InChI=1S/C27H33FN2O4/c1-27(2,3)34-24(31)13-12-22-18-29(16-17-33-22)26(32)30-15-14-19-6-4-5-7-23(19)25(30)20-8-10-21(28)11-9-20/h4-11,22,25H,12-18H2,1-3H3/t22-,25+/m1/s1. The van der Waals surface area contributed by atoms with Crippen molar-refractivity contribution in [1.29, 1.82) is 0 Å². The van der Waals surface area contributed by atoms with Gasteiger partial charge in [-0.15, -0.1) is 0 Å². The maximum atomic E-state index is 13.7. The Hall–Kier alpha value is -2.93. The molecule has 7 heteroatoms. The average Bonchev–Trinajstić information content (AvgIpc) is 2.81. The molecule has 6 nitrogen and oxygen atoms in total. The first-order chi connectivity index (χ1) is 16.2. The number of fused-ring (bicyclic) bond motifs is 1. The van der Waals surface area contributed by atoms with Crippen molar-refractivity contribution in [3.63, 3.8) is 0 Å². The summed E-state index contributed by atoms with van der Waals surface area (Å²) in [6, 6.07) is 14.2. The summed E-state index contributed by atoms with van der Waals surface area (Å²) in [7, 11) is 0. The number of hydrogen-bond donors (Lipinski definition) is 0. The Labute approximate surface area is 200 Å². The third-order valence-corrected chi connectivity index (χ3v) is 6.21. The number of ether oxygens (including phenoxy) is 2. The third-order valence-electron chi connectivity index (χ3n) is 6.21. The molecule has 2 aromatic carbocycles. The lowest BCUT2D eigenvalue weighted by Crippen LogP contribution is -2.53. The Kier molecular flexibility index (Phi) is 7.22. The molecular formula is C27H33FN2O4. The Morgan fingerprint density at radius 2 is 1.82 bits per heavy atom. The fourth-order valence-corrected chi connectivity index (χ4v) is 4.70. The van der Waals surface area contributed by atoms with E-state index in [-0.39, 0.29) is 36.4 Å². The largest absolute Gasteiger partial charge is 0.460 e. The van der Waals surface area contributed by atoms with Crippen molar-refractivity contribution in [2.75, 3.05) is 26.2 Å². The monoisotopic (exact) mass is 468 g/mol. The Bertz CT molecular complexity index is 1020. The molecule has 2 atom stereocenters. The molecule has 0 N–H and O–H groups in total. The van der Waals surface area contributed by atoms with Crippen LogP contribution >= 0.6 is 0 Å². The molecule has 1 fully saturated rings. The van der Waals surface area contributed by atoms with Crippen molar-refractivity contribution < 1.29 is 23.5 Å². The molecule has 0 bridgehead atoms. The van der Waals surface area contributed by atoms with Crippen molar-refractivity contribution in [2.24, 2.45) is 0 Å². The zero-order chi connectivity index (χ0) is 24.3. The normalized spacial score (nSPS) is 20.6. The Balaban J connectivity index is 1.48. The van der Waals surface area contributed by atoms with E-state index in [2.05, 4.69) is 6.07 Å². The summed E-state index contributed by atoms with van der Waals surface area (Å²) in [6.45, 7) is 7.46. The molecule has 4 rings (SSSR count). The van der Waals surface area contributed by atoms with E-state index in [1.54, 1.807) is 12.1 Å². The lowest BCUT2D eigenvalue weighted by molar-refractivity contribution is -0.156. The van der Waals surface area contributed by atoms with Gasteiger partial charge < -0.3 is 19.3 Å².